The van der Waals surface area contributed by atoms with E-state index >= 15 is 0 Å². The highest BCUT2D eigenvalue weighted by Gasteiger charge is 2.20. The van der Waals surface area contributed by atoms with E-state index in [0.29, 0.717) is 0 Å². The van der Waals surface area contributed by atoms with Crippen LogP contribution < -0.4 is 5.32 Å². The first-order valence-electron chi connectivity index (χ1n) is 4.64. The molecule has 1 atom stereocenters. The van der Waals surface area contributed by atoms with Crippen molar-refractivity contribution < 1.29 is 0 Å². The first kappa shape index (κ1) is 9.40. The third-order valence-corrected chi connectivity index (χ3v) is 3.15. The average molecular weight is 173 g/mol. The molecule has 1 unspecified atom stereocenters. The number of hydrogen-bond acceptors (Lipinski definition) is 2. The summed E-state index contributed by atoms with van der Waals surface area (Å²) in [6, 6.07) is 0.879. The maximum atomic E-state index is 3.55. The summed E-state index contributed by atoms with van der Waals surface area (Å²) < 4.78 is 0. The molecule has 1 aliphatic carbocycles. The van der Waals surface area contributed by atoms with Crippen molar-refractivity contribution in [2.45, 2.75) is 32.7 Å². The van der Waals surface area contributed by atoms with Gasteiger partial charge in [-0.25, -0.2) is 0 Å². The van der Waals surface area contributed by atoms with Gasteiger partial charge in [0.15, 0.2) is 0 Å². The molecule has 0 aromatic heterocycles. The molecule has 1 aliphatic rings. The first-order valence-corrected chi connectivity index (χ1v) is 5.79. The molecule has 1 nitrogen and oxygen atoms in total. The summed E-state index contributed by atoms with van der Waals surface area (Å²) in [6.45, 7) is 5.78. The fraction of sp³-hybridized carbons (Fsp3) is 1.00. The van der Waals surface area contributed by atoms with Crippen molar-refractivity contribution >= 4 is 11.8 Å². The topological polar surface area (TPSA) is 12.0 Å². The third-order valence-electron chi connectivity index (χ3n) is 1.94. The minimum atomic E-state index is 0.848. The standard InChI is InChI=1S/C9H19NS/c1-3-11-7-8(2)6-10-9-4-5-9/h8-10H,3-7H2,1-2H3. The van der Waals surface area contributed by atoms with E-state index in [-0.39, 0.29) is 0 Å². The van der Waals surface area contributed by atoms with E-state index in [9.17, 15) is 0 Å². The van der Waals surface area contributed by atoms with Crippen molar-refractivity contribution in [1.29, 1.82) is 0 Å². The van der Waals surface area contributed by atoms with Gasteiger partial charge in [0.25, 0.3) is 0 Å². The van der Waals surface area contributed by atoms with E-state index in [2.05, 4.69) is 19.2 Å². The minimum absolute atomic E-state index is 0.848. The van der Waals surface area contributed by atoms with E-state index in [1.54, 1.807) is 0 Å². The highest BCUT2D eigenvalue weighted by atomic mass is 32.2. The smallest absolute Gasteiger partial charge is 0.00683 e. The Bertz CT molecular complexity index is 102. The van der Waals surface area contributed by atoms with Gasteiger partial charge in [-0.05, 0) is 36.8 Å². The van der Waals surface area contributed by atoms with Crippen molar-refractivity contribution in [2.75, 3.05) is 18.1 Å². The number of hydrogen-bond donors (Lipinski definition) is 1. The van der Waals surface area contributed by atoms with E-state index in [4.69, 9.17) is 0 Å². The summed E-state index contributed by atoms with van der Waals surface area (Å²) >= 11 is 2.05. The predicted octanol–water partition coefficient (Wildman–Crippen LogP) is 2.13. The van der Waals surface area contributed by atoms with Crippen molar-refractivity contribution in [3.05, 3.63) is 0 Å². The monoisotopic (exact) mass is 173 g/mol. The number of rotatable bonds is 6. The molecule has 1 saturated carbocycles. The van der Waals surface area contributed by atoms with Crippen LogP contribution in [-0.4, -0.2) is 24.1 Å². The third kappa shape index (κ3) is 4.70. The first-order chi connectivity index (χ1) is 5.33. The van der Waals surface area contributed by atoms with Crippen LogP contribution in [0.1, 0.15) is 26.7 Å². The van der Waals surface area contributed by atoms with Crippen LogP contribution in [0.4, 0.5) is 0 Å². The van der Waals surface area contributed by atoms with Gasteiger partial charge in [0.05, 0.1) is 0 Å². The predicted molar refractivity (Wildman–Crippen MR) is 53.2 cm³/mol. The molecule has 0 bridgehead atoms. The molecule has 11 heavy (non-hydrogen) atoms. The second kappa shape index (κ2) is 5.04. The molecule has 66 valence electrons. The van der Waals surface area contributed by atoms with Crippen molar-refractivity contribution in [3.63, 3.8) is 0 Å². The Balaban J connectivity index is 1.87. The lowest BCUT2D eigenvalue weighted by molar-refractivity contribution is 0.557. The van der Waals surface area contributed by atoms with Crippen LogP contribution >= 0.6 is 11.8 Å². The Morgan fingerprint density at radius 2 is 2.27 bits per heavy atom. The van der Waals surface area contributed by atoms with E-state index in [1.807, 2.05) is 11.8 Å². The lowest BCUT2D eigenvalue weighted by Crippen LogP contribution is -2.24. The summed E-state index contributed by atoms with van der Waals surface area (Å²) in [5.41, 5.74) is 0. The van der Waals surface area contributed by atoms with Crippen LogP contribution in [0.5, 0.6) is 0 Å². The lowest BCUT2D eigenvalue weighted by Gasteiger charge is -2.10. The zero-order chi connectivity index (χ0) is 8.10. The molecular weight excluding hydrogens is 154 g/mol. The van der Waals surface area contributed by atoms with Gasteiger partial charge in [0.1, 0.15) is 0 Å². The zero-order valence-electron chi connectivity index (χ0n) is 7.60. The van der Waals surface area contributed by atoms with E-state index in [0.717, 1.165) is 12.0 Å². The molecule has 0 radical (unpaired) electrons. The Hall–Kier alpha value is 0.310. The Kier molecular flexibility index (Phi) is 4.31. The lowest BCUT2D eigenvalue weighted by atomic mass is 10.2. The van der Waals surface area contributed by atoms with E-state index < -0.39 is 0 Å². The van der Waals surface area contributed by atoms with Crippen LogP contribution in [0, 0.1) is 5.92 Å². The Morgan fingerprint density at radius 3 is 2.82 bits per heavy atom. The summed E-state index contributed by atoms with van der Waals surface area (Å²) in [5.74, 6) is 3.42. The maximum absolute atomic E-state index is 3.55. The average Bonchev–Trinajstić information content (AvgIpc) is 2.80. The molecule has 1 rings (SSSR count). The van der Waals surface area contributed by atoms with Gasteiger partial charge in [0.2, 0.25) is 0 Å². The largest absolute Gasteiger partial charge is 0.314 e. The molecule has 0 aromatic rings. The molecule has 1 N–H and O–H groups in total. The summed E-state index contributed by atoms with van der Waals surface area (Å²) in [6.07, 6.45) is 2.82. The van der Waals surface area contributed by atoms with Crippen LogP contribution in [0.2, 0.25) is 0 Å². The highest BCUT2D eigenvalue weighted by molar-refractivity contribution is 7.99. The Labute approximate surface area is 74.3 Å². The normalized spacial score (nSPS) is 20.2. The molecule has 0 aromatic carbocycles. The number of thioether (sulfide) groups is 1. The highest BCUT2D eigenvalue weighted by Crippen LogP contribution is 2.19. The quantitative estimate of drug-likeness (QED) is 0.660. The van der Waals surface area contributed by atoms with E-state index in [1.165, 1.54) is 30.9 Å². The van der Waals surface area contributed by atoms with Crippen molar-refractivity contribution in [2.24, 2.45) is 5.92 Å². The zero-order valence-corrected chi connectivity index (χ0v) is 8.41. The maximum Gasteiger partial charge on any atom is 0.00683 e. The Morgan fingerprint density at radius 1 is 1.55 bits per heavy atom. The van der Waals surface area contributed by atoms with Crippen LogP contribution in [0.3, 0.4) is 0 Å². The molecule has 1 fully saturated rings. The molecule has 0 aliphatic heterocycles. The van der Waals surface area contributed by atoms with Gasteiger partial charge < -0.3 is 5.32 Å². The van der Waals surface area contributed by atoms with Crippen LogP contribution in [0.25, 0.3) is 0 Å². The minimum Gasteiger partial charge on any atom is -0.314 e. The molecule has 0 spiro atoms. The second-order valence-electron chi connectivity index (χ2n) is 3.45. The fourth-order valence-corrected chi connectivity index (χ4v) is 1.79. The van der Waals surface area contributed by atoms with Gasteiger partial charge in [0, 0.05) is 6.04 Å². The van der Waals surface area contributed by atoms with Crippen molar-refractivity contribution in [3.8, 4) is 0 Å². The summed E-state index contributed by atoms with van der Waals surface area (Å²) in [4.78, 5) is 0. The van der Waals surface area contributed by atoms with Crippen molar-refractivity contribution in [1.82, 2.24) is 5.32 Å². The SMILES string of the molecule is CCSCC(C)CNC1CC1. The molecule has 0 heterocycles. The number of nitrogens with one attached hydrogen (secondary N) is 1. The van der Waals surface area contributed by atoms with Gasteiger partial charge in [-0.2, -0.15) is 11.8 Å². The molecular formula is C9H19NS. The van der Waals surface area contributed by atoms with Gasteiger partial charge in [-0.15, -0.1) is 0 Å². The fourth-order valence-electron chi connectivity index (χ4n) is 1.03. The molecule has 0 amide bonds. The molecule has 0 saturated heterocycles. The second-order valence-corrected chi connectivity index (χ2v) is 4.77. The molecule has 2 heteroatoms. The summed E-state index contributed by atoms with van der Waals surface area (Å²) in [7, 11) is 0. The van der Waals surface area contributed by atoms with Gasteiger partial charge in [-0.3, -0.25) is 0 Å². The van der Waals surface area contributed by atoms with Crippen LogP contribution in [0.15, 0.2) is 0 Å². The van der Waals surface area contributed by atoms with Crippen LogP contribution in [-0.2, 0) is 0 Å². The van der Waals surface area contributed by atoms with Gasteiger partial charge in [-0.1, -0.05) is 13.8 Å². The summed E-state index contributed by atoms with van der Waals surface area (Å²) in [5, 5.41) is 3.55. The van der Waals surface area contributed by atoms with Gasteiger partial charge >= 0.3 is 0 Å².